The molecule has 0 saturated heterocycles. The number of pyridine rings is 1. The lowest BCUT2D eigenvalue weighted by Crippen LogP contribution is -2.18. The number of rotatable bonds is 5. The average molecular weight is 477 g/mol. The van der Waals surface area contributed by atoms with Crippen molar-refractivity contribution in [2.75, 3.05) is 6.61 Å². The number of ketones is 1. The number of halogens is 9. The zero-order chi connectivity index (χ0) is 24.7. The first-order valence-corrected chi connectivity index (χ1v) is 8.54. The van der Waals surface area contributed by atoms with E-state index in [1.807, 2.05) is 0 Å². The minimum atomic E-state index is -4.91. The molecule has 0 aliphatic rings. The number of nitrogens with zero attached hydrogens (tertiary/aromatic N) is 1. The predicted molar refractivity (Wildman–Crippen MR) is 92.0 cm³/mol. The maximum absolute atomic E-state index is 12.8. The molecule has 1 aromatic heterocycles. The highest BCUT2D eigenvalue weighted by Crippen LogP contribution is 2.36. The van der Waals surface area contributed by atoms with Gasteiger partial charge < -0.3 is 9.84 Å². The maximum Gasteiger partial charge on any atom is 0.449 e. The Morgan fingerprint density at radius 2 is 1.47 bits per heavy atom. The van der Waals surface area contributed by atoms with Gasteiger partial charge in [-0.25, -0.2) is 0 Å². The van der Waals surface area contributed by atoms with E-state index in [1.54, 1.807) is 12.1 Å². The summed E-state index contributed by atoms with van der Waals surface area (Å²) in [4.78, 5) is 13.2. The first-order valence-electron chi connectivity index (χ1n) is 8.54. The molecule has 1 unspecified atom stereocenters. The second kappa shape index (κ2) is 10.8. The Labute approximate surface area is 175 Å². The monoisotopic (exact) mass is 477 g/mol. The number of aliphatic hydroxyl groups excluding tert-OH is 1. The molecule has 0 aliphatic heterocycles. The van der Waals surface area contributed by atoms with Crippen LogP contribution in [0.5, 0.6) is 0 Å². The van der Waals surface area contributed by atoms with Gasteiger partial charge in [-0.2, -0.15) is 39.5 Å². The van der Waals surface area contributed by atoms with Crippen molar-refractivity contribution in [1.82, 2.24) is 4.98 Å². The van der Waals surface area contributed by atoms with E-state index in [0.29, 0.717) is 19.1 Å². The molecule has 0 saturated carbocycles. The number of hydrogen-bond donors (Lipinski definition) is 1. The third kappa shape index (κ3) is 9.22. The van der Waals surface area contributed by atoms with Gasteiger partial charge >= 0.3 is 18.5 Å². The van der Waals surface area contributed by atoms with Crippen molar-refractivity contribution in [3.8, 4) is 0 Å². The number of Topliss-reactive ketones (excluding diaryl/α,β-unsaturated/α-hetero) is 1. The van der Waals surface area contributed by atoms with Crippen LogP contribution in [0, 0.1) is 0 Å². The van der Waals surface area contributed by atoms with E-state index >= 15 is 0 Å². The number of hydrogen-bond acceptors (Lipinski definition) is 4. The normalized spacial score (nSPS) is 13.2. The van der Waals surface area contributed by atoms with Crippen LogP contribution in [-0.2, 0) is 28.5 Å². The van der Waals surface area contributed by atoms with Crippen molar-refractivity contribution in [2.45, 2.75) is 38.2 Å². The molecule has 2 rings (SSSR count). The molecule has 2 aromatic rings. The molecular formula is C19H16F9NO3. The Balaban J connectivity index is 0.000000633. The summed E-state index contributed by atoms with van der Waals surface area (Å²) >= 11 is 0. The number of ether oxygens (including phenoxy) is 1. The van der Waals surface area contributed by atoms with Gasteiger partial charge in [-0.1, -0.05) is 6.07 Å². The van der Waals surface area contributed by atoms with Crippen LogP contribution in [0.3, 0.4) is 0 Å². The van der Waals surface area contributed by atoms with Crippen molar-refractivity contribution in [2.24, 2.45) is 0 Å². The third-order valence-electron chi connectivity index (χ3n) is 3.62. The Morgan fingerprint density at radius 1 is 0.969 bits per heavy atom. The summed E-state index contributed by atoms with van der Waals surface area (Å²) < 4.78 is 114. The van der Waals surface area contributed by atoms with Crippen LogP contribution in [0.2, 0.25) is 0 Å². The van der Waals surface area contributed by atoms with Crippen LogP contribution in [-0.4, -0.2) is 28.7 Å². The summed E-state index contributed by atoms with van der Waals surface area (Å²) in [5, 5.41) is 9.82. The second-order valence-electron chi connectivity index (χ2n) is 6.25. The van der Waals surface area contributed by atoms with Crippen LogP contribution in [0.15, 0.2) is 42.6 Å². The molecule has 0 bridgehead atoms. The van der Waals surface area contributed by atoms with Crippen molar-refractivity contribution < 1.29 is 54.2 Å². The topological polar surface area (TPSA) is 59.4 Å². The summed E-state index contributed by atoms with van der Waals surface area (Å²) in [6.45, 7) is -0.356. The Hall–Kier alpha value is -2.67. The lowest BCUT2D eigenvalue weighted by molar-refractivity contribution is -0.168. The van der Waals surface area contributed by atoms with E-state index < -0.39 is 48.1 Å². The molecule has 0 spiro atoms. The zero-order valence-electron chi connectivity index (χ0n) is 16.1. The molecule has 1 N–H and O–H groups in total. The van der Waals surface area contributed by atoms with E-state index in [4.69, 9.17) is 4.74 Å². The highest BCUT2D eigenvalue weighted by molar-refractivity contribution is 5.81. The summed E-state index contributed by atoms with van der Waals surface area (Å²) in [5.74, 6) is -1.76. The molecule has 1 atom stereocenters. The molecular weight excluding hydrogens is 461 g/mol. The molecule has 0 aliphatic carbocycles. The summed E-state index contributed by atoms with van der Waals surface area (Å²) in [6.07, 6.45) is -14.2. The van der Waals surface area contributed by atoms with Crippen molar-refractivity contribution >= 4 is 5.78 Å². The highest BCUT2D eigenvalue weighted by Gasteiger charge is 2.37. The van der Waals surface area contributed by atoms with E-state index in [1.165, 1.54) is 12.3 Å². The van der Waals surface area contributed by atoms with Crippen LogP contribution >= 0.6 is 0 Å². The lowest BCUT2D eigenvalue weighted by Gasteiger charge is -2.15. The second-order valence-corrected chi connectivity index (χ2v) is 6.25. The van der Waals surface area contributed by atoms with Crippen LogP contribution in [0.25, 0.3) is 0 Å². The number of aliphatic hydroxyl groups is 1. The number of carbonyl (C=O) groups excluding carboxylic acids is 1. The van der Waals surface area contributed by atoms with Gasteiger partial charge in [-0.3, -0.25) is 9.78 Å². The minimum Gasteiger partial charge on any atom is -0.384 e. The predicted octanol–water partition coefficient (Wildman–Crippen LogP) is 5.51. The minimum absolute atomic E-state index is 0.0479. The SMILES string of the molecule is CC(=O)C(F)(F)F.OC(COCc1cc(C(F)(F)F)cc(C(F)(F)F)c1)c1ccccn1. The van der Waals surface area contributed by atoms with E-state index in [0.717, 1.165) is 0 Å². The summed E-state index contributed by atoms with van der Waals surface area (Å²) in [6, 6.07) is 5.98. The molecule has 178 valence electrons. The van der Waals surface area contributed by atoms with Crippen LogP contribution < -0.4 is 0 Å². The fourth-order valence-electron chi connectivity index (χ4n) is 2.05. The lowest BCUT2D eigenvalue weighted by atomic mass is 10.1. The van der Waals surface area contributed by atoms with E-state index in [2.05, 4.69) is 4.98 Å². The standard InChI is InChI=1S/C16H13F6NO2.C3H3F3O/c17-15(18,19)11-5-10(6-12(7-11)16(20,21)22)8-25-9-14(24)13-3-1-2-4-23-13;1-2(7)3(4,5)6/h1-7,14,24H,8-9H2;1H3. The summed E-state index contributed by atoms with van der Waals surface area (Å²) in [7, 11) is 0. The van der Waals surface area contributed by atoms with Gasteiger partial charge in [0.25, 0.3) is 0 Å². The molecule has 13 heteroatoms. The number of benzene rings is 1. The van der Waals surface area contributed by atoms with Crippen LogP contribution in [0.1, 0.15) is 35.4 Å². The fourth-order valence-corrected chi connectivity index (χ4v) is 2.05. The number of alkyl halides is 9. The van der Waals surface area contributed by atoms with Crippen LogP contribution in [0.4, 0.5) is 39.5 Å². The maximum atomic E-state index is 12.8. The van der Waals surface area contributed by atoms with Gasteiger partial charge in [-0.15, -0.1) is 0 Å². The van der Waals surface area contributed by atoms with Gasteiger partial charge in [0.15, 0.2) is 0 Å². The van der Waals surface area contributed by atoms with Gasteiger partial charge in [-0.05, 0) is 35.9 Å². The molecule has 1 aromatic carbocycles. The van der Waals surface area contributed by atoms with Gasteiger partial charge in [0.1, 0.15) is 6.10 Å². The Morgan fingerprint density at radius 3 is 1.84 bits per heavy atom. The average Bonchev–Trinajstić information content (AvgIpc) is 2.66. The molecule has 0 fully saturated rings. The van der Waals surface area contributed by atoms with Gasteiger partial charge in [0, 0.05) is 13.1 Å². The molecule has 4 nitrogen and oxygen atoms in total. The van der Waals surface area contributed by atoms with Gasteiger partial charge in [0.2, 0.25) is 5.78 Å². The largest absolute Gasteiger partial charge is 0.449 e. The Kier molecular flexibility index (Phi) is 9.21. The third-order valence-corrected chi connectivity index (χ3v) is 3.62. The summed E-state index contributed by atoms with van der Waals surface area (Å²) in [5.41, 5.74) is -2.84. The molecule has 0 amide bonds. The quantitative estimate of drug-likeness (QED) is 0.578. The Bertz CT molecular complexity index is 846. The number of carbonyl (C=O) groups is 1. The number of aromatic nitrogens is 1. The smallest absolute Gasteiger partial charge is 0.384 e. The first-order chi connectivity index (χ1) is 14.5. The highest BCUT2D eigenvalue weighted by atomic mass is 19.4. The molecule has 0 radical (unpaired) electrons. The fraction of sp³-hybridized carbons (Fsp3) is 0.368. The molecule has 32 heavy (non-hydrogen) atoms. The molecule has 1 heterocycles. The van der Waals surface area contributed by atoms with E-state index in [9.17, 15) is 49.4 Å². The van der Waals surface area contributed by atoms with E-state index in [-0.39, 0.29) is 23.9 Å². The van der Waals surface area contributed by atoms with Crippen molar-refractivity contribution in [3.63, 3.8) is 0 Å². The van der Waals surface area contributed by atoms with Gasteiger partial charge in [0.05, 0.1) is 30.0 Å². The van der Waals surface area contributed by atoms with Crippen molar-refractivity contribution in [3.05, 3.63) is 65.0 Å². The zero-order valence-corrected chi connectivity index (χ0v) is 16.1. The first kappa shape index (κ1) is 27.4. The van der Waals surface area contributed by atoms with Crippen molar-refractivity contribution in [1.29, 1.82) is 0 Å².